The molecule has 128 valence electrons. The van der Waals surface area contributed by atoms with Gasteiger partial charge < -0.3 is 4.90 Å². The Bertz CT molecular complexity index is 1040. The number of nitrogens with zero attached hydrogens (tertiary/aromatic N) is 4. The fourth-order valence-electron chi connectivity index (χ4n) is 2.09. The molecule has 8 heteroatoms. The van der Waals surface area contributed by atoms with Gasteiger partial charge in [0.05, 0.1) is 4.53 Å². The maximum absolute atomic E-state index is 12.7. The second-order valence-electron chi connectivity index (χ2n) is 5.44. The van der Waals surface area contributed by atoms with E-state index in [-0.39, 0.29) is 11.1 Å². The zero-order valence-electron chi connectivity index (χ0n) is 13.6. The van der Waals surface area contributed by atoms with Crippen molar-refractivity contribution in [2.75, 3.05) is 20.6 Å². The van der Waals surface area contributed by atoms with Crippen molar-refractivity contribution in [1.29, 1.82) is 10.5 Å². The molecule has 0 saturated carbocycles. The van der Waals surface area contributed by atoms with E-state index in [2.05, 4.69) is 0 Å². The van der Waals surface area contributed by atoms with E-state index in [1.54, 1.807) is 24.3 Å². The van der Waals surface area contributed by atoms with Crippen molar-refractivity contribution in [2.24, 2.45) is 0 Å². The van der Waals surface area contributed by atoms with Gasteiger partial charge in [-0.25, -0.2) is 0 Å². The first kappa shape index (κ1) is 19.2. The summed E-state index contributed by atoms with van der Waals surface area (Å²) in [5.74, 6) is 0. The van der Waals surface area contributed by atoms with E-state index in [0.29, 0.717) is 37.9 Å². The van der Waals surface area contributed by atoms with Gasteiger partial charge in [-0.05, 0) is 37.9 Å². The maximum atomic E-state index is 12.7. The third kappa shape index (κ3) is 4.50. The molecular weight excluding hydrogens is 379 g/mol. The van der Waals surface area contributed by atoms with Crippen LogP contribution in [0.25, 0.3) is 11.6 Å². The van der Waals surface area contributed by atoms with Gasteiger partial charge in [-0.2, -0.15) is 10.5 Å². The van der Waals surface area contributed by atoms with Crippen LogP contribution < -0.4 is 14.8 Å². The third-order valence-electron chi connectivity index (χ3n) is 3.37. The Balaban J connectivity index is 2.73. The highest BCUT2D eigenvalue weighted by molar-refractivity contribution is 7.07. The van der Waals surface area contributed by atoms with Crippen molar-refractivity contribution < 1.29 is 0 Å². The van der Waals surface area contributed by atoms with Gasteiger partial charge in [0.1, 0.15) is 16.8 Å². The van der Waals surface area contributed by atoms with Crippen molar-refractivity contribution in [2.45, 2.75) is 6.54 Å². The highest BCUT2D eigenvalue weighted by Crippen LogP contribution is 2.21. The van der Waals surface area contributed by atoms with Crippen LogP contribution in [0.2, 0.25) is 10.0 Å². The zero-order valence-corrected chi connectivity index (χ0v) is 15.9. The Morgan fingerprint density at radius 1 is 1.32 bits per heavy atom. The highest BCUT2D eigenvalue weighted by atomic mass is 35.5. The van der Waals surface area contributed by atoms with Crippen LogP contribution >= 0.6 is 34.5 Å². The van der Waals surface area contributed by atoms with Crippen molar-refractivity contribution in [1.82, 2.24) is 9.47 Å². The Morgan fingerprint density at radius 3 is 2.56 bits per heavy atom. The Kier molecular flexibility index (Phi) is 6.41. The Hall–Kier alpha value is -2.09. The molecule has 2 aromatic rings. The second-order valence-corrected chi connectivity index (χ2v) is 7.31. The molecule has 0 atom stereocenters. The van der Waals surface area contributed by atoms with Crippen LogP contribution in [0.3, 0.4) is 0 Å². The lowest BCUT2D eigenvalue weighted by Crippen LogP contribution is -2.35. The number of hydrogen-bond donors (Lipinski definition) is 0. The van der Waals surface area contributed by atoms with Crippen molar-refractivity contribution in [3.8, 4) is 12.1 Å². The van der Waals surface area contributed by atoms with Crippen molar-refractivity contribution >= 4 is 46.2 Å². The molecular formula is C17H14Cl2N4OS. The van der Waals surface area contributed by atoms with Crippen LogP contribution in [0.15, 0.2) is 23.0 Å². The van der Waals surface area contributed by atoms with E-state index in [9.17, 15) is 15.3 Å². The minimum absolute atomic E-state index is 0.0808. The van der Waals surface area contributed by atoms with Gasteiger partial charge in [0.2, 0.25) is 0 Å². The summed E-state index contributed by atoms with van der Waals surface area (Å²) < 4.78 is 2.22. The minimum atomic E-state index is -0.254. The van der Waals surface area contributed by atoms with Gasteiger partial charge >= 0.3 is 0 Å². The molecule has 5 nitrogen and oxygen atoms in total. The fraction of sp³-hybridized carbons (Fsp3) is 0.235. The number of benzene rings is 1. The van der Waals surface area contributed by atoms with Crippen LogP contribution in [0, 0.1) is 22.7 Å². The van der Waals surface area contributed by atoms with Gasteiger partial charge in [-0.3, -0.25) is 9.36 Å². The summed E-state index contributed by atoms with van der Waals surface area (Å²) in [6.45, 7) is 0.988. The number of halogens is 2. The first-order valence-electron chi connectivity index (χ1n) is 7.23. The smallest absolute Gasteiger partial charge is 0.269 e. The van der Waals surface area contributed by atoms with E-state index in [4.69, 9.17) is 23.2 Å². The monoisotopic (exact) mass is 392 g/mol. The average Bonchev–Trinajstić information content (AvgIpc) is 2.85. The summed E-state index contributed by atoms with van der Waals surface area (Å²) in [7, 11) is 3.77. The van der Waals surface area contributed by atoms with Crippen LogP contribution in [-0.2, 0) is 6.54 Å². The molecule has 0 saturated heterocycles. The summed E-state index contributed by atoms with van der Waals surface area (Å²) in [6, 6.07) is 8.70. The molecule has 0 aliphatic heterocycles. The van der Waals surface area contributed by atoms with Crippen LogP contribution in [0.1, 0.15) is 5.56 Å². The van der Waals surface area contributed by atoms with Crippen LogP contribution in [0.5, 0.6) is 0 Å². The lowest BCUT2D eigenvalue weighted by molar-refractivity contribution is 0.380. The van der Waals surface area contributed by atoms with Gasteiger partial charge in [0.15, 0.2) is 5.57 Å². The highest BCUT2D eigenvalue weighted by Gasteiger charge is 2.10. The lowest BCUT2D eigenvalue weighted by Gasteiger charge is -2.09. The average molecular weight is 393 g/mol. The molecule has 1 aromatic heterocycles. The Labute approximate surface area is 158 Å². The number of thiazole rings is 1. The normalized spacial score (nSPS) is 11.4. The van der Waals surface area contributed by atoms with Gasteiger partial charge in [0, 0.05) is 23.1 Å². The number of nitriles is 2. The van der Waals surface area contributed by atoms with Crippen molar-refractivity contribution in [3.05, 3.63) is 53.4 Å². The molecule has 0 aliphatic rings. The Morgan fingerprint density at radius 2 is 2.00 bits per heavy atom. The fourth-order valence-corrected chi connectivity index (χ4v) is 3.62. The van der Waals surface area contributed by atoms with Crippen molar-refractivity contribution in [3.63, 3.8) is 0 Å². The quantitative estimate of drug-likeness (QED) is 0.794. The second kappa shape index (κ2) is 8.33. The third-order valence-corrected chi connectivity index (χ3v) is 5.06. The molecule has 2 rings (SSSR count). The zero-order chi connectivity index (χ0) is 18.6. The SMILES string of the molecule is CN(C)CCn1c(=C(C#N)C#N)s/c(=C/c2ccc(Cl)cc2Cl)c1=O. The summed E-state index contributed by atoms with van der Waals surface area (Å²) in [5, 5.41) is 19.3. The predicted octanol–water partition coefficient (Wildman–Crippen LogP) is 1.80. The largest absolute Gasteiger partial charge is 0.308 e. The first-order chi connectivity index (χ1) is 11.9. The minimum Gasteiger partial charge on any atom is -0.308 e. The van der Waals surface area contributed by atoms with Crippen LogP contribution in [0.4, 0.5) is 0 Å². The van der Waals surface area contributed by atoms with E-state index < -0.39 is 0 Å². The predicted molar refractivity (Wildman–Crippen MR) is 101 cm³/mol. The van der Waals surface area contributed by atoms with E-state index in [1.165, 1.54) is 4.57 Å². The molecule has 0 radical (unpaired) electrons. The molecule has 0 bridgehead atoms. The molecule has 0 aliphatic carbocycles. The molecule has 0 N–H and O–H groups in total. The molecule has 1 heterocycles. The number of hydrogen-bond acceptors (Lipinski definition) is 5. The molecule has 0 amide bonds. The summed E-state index contributed by atoms with van der Waals surface area (Å²) in [5.41, 5.74) is 0.310. The lowest BCUT2D eigenvalue weighted by atomic mass is 10.2. The topological polar surface area (TPSA) is 72.8 Å². The molecule has 0 spiro atoms. The molecule has 1 aromatic carbocycles. The number of likely N-dealkylation sites (N-methyl/N-ethyl adjacent to an activating group) is 1. The van der Waals surface area contributed by atoms with E-state index in [0.717, 1.165) is 11.3 Å². The molecule has 25 heavy (non-hydrogen) atoms. The van der Waals surface area contributed by atoms with E-state index in [1.807, 2.05) is 31.1 Å². The summed E-state index contributed by atoms with van der Waals surface area (Å²) in [6.07, 6.45) is 1.65. The summed E-state index contributed by atoms with van der Waals surface area (Å²) >= 11 is 13.2. The van der Waals surface area contributed by atoms with Gasteiger partial charge in [-0.15, -0.1) is 11.3 Å². The molecule has 0 unspecified atom stereocenters. The van der Waals surface area contributed by atoms with Gasteiger partial charge in [0.25, 0.3) is 5.56 Å². The number of aromatic nitrogens is 1. The summed E-state index contributed by atoms with van der Waals surface area (Å²) in [4.78, 5) is 14.7. The molecule has 0 fully saturated rings. The first-order valence-corrected chi connectivity index (χ1v) is 8.80. The van der Waals surface area contributed by atoms with Gasteiger partial charge in [-0.1, -0.05) is 29.3 Å². The van der Waals surface area contributed by atoms with Crippen LogP contribution in [-0.4, -0.2) is 30.1 Å². The van der Waals surface area contributed by atoms with E-state index >= 15 is 0 Å². The number of rotatable bonds is 4. The maximum Gasteiger partial charge on any atom is 0.269 e. The standard InChI is InChI=1S/C17H14Cl2N4OS/c1-22(2)5-6-23-16(24)15(25-17(23)12(9-20)10-21)7-11-3-4-13(18)8-14(11)19/h3-4,7-8H,5-6H2,1-2H3/b15-7+.